The molecule has 0 spiro atoms. The van der Waals surface area contributed by atoms with Crippen molar-refractivity contribution in [2.45, 2.75) is 53.9 Å². The monoisotopic (exact) mass is 222 g/mol. The maximum atomic E-state index is 4.25. The van der Waals surface area contributed by atoms with Crippen LogP contribution < -0.4 is 0 Å². The summed E-state index contributed by atoms with van der Waals surface area (Å²) < 4.78 is 0. The number of rotatable bonds is 8. The first-order valence-electron chi connectivity index (χ1n) is 6.67. The van der Waals surface area contributed by atoms with Crippen molar-refractivity contribution in [2.24, 2.45) is 23.7 Å². The molecule has 0 saturated carbocycles. The zero-order chi connectivity index (χ0) is 12.7. The standard InChI is InChI=1S/C16H30/c1-8-16(10-13(4)5)11-15(7)14(6)9-12(2)3/h8,12-14,16H,1,7,9-11H2,2-6H3/t14?,16-/m1/s1. The van der Waals surface area contributed by atoms with E-state index in [1.165, 1.54) is 18.4 Å². The Bertz CT molecular complexity index is 210. The van der Waals surface area contributed by atoms with Crippen molar-refractivity contribution in [1.29, 1.82) is 0 Å². The van der Waals surface area contributed by atoms with E-state index in [1.807, 2.05) is 0 Å². The van der Waals surface area contributed by atoms with Gasteiger partial charge in [-0.2, -0.15) is 0 Å². The Morgan fingerprint density at radius 1 is 1.00 bits per heavy atom. The van der Waals surface area contributed by atoms with Crippen LogP contribution in [0.2, 0.25) is 0 Å². The quantitative estimate of drug-likeness (QED) is 0.478. The molecule has 0 heterocycles. The first kappa shape index (κ1) is 15.5. The molecular formula is C16H30. The molecule has 0 radical (unpaired) electrons. The van der Waals surface area contributed by atoms with Gasteiger partial charge in [-0.15, -0.1) is 6.58 Å². The summed E-state index contributed by atoms with van der Waals surface area (Å²) >= 11 is 0. The molecule has 0 bridgehead atoms. The maximum absolute atomic E-state index is 4.25. The van der Waals surface area contributed by atoms with Gasteiger partial charge in [-0.25, -0.2) is 0 Å². The van der Waals surface area contributed by atoms with Gasteiger partial charge in [0, 0.05) is 0 Å². The summed E-state index contributed by atoms with van der Waals surface area (Å²) in [5, 5.41) is 0. The van der Waals surface area contributed by atoms with Gasteiger partial charge in [-0.1, -0.05) is 52.8 Å². The fourth-order valence-corrected chi connectivity index (χ4v) is 2.28. The van der Waals surface area contributed by atoms with Gasteiger partial charge in [0.05, 0.1) is 0 Å². The average molecular weight is 222 g/mol. The highest BCUT2D eigenvalue weighted by Gasteiger charge is 2.14. The molecule has 1 unspecified atom stereocenters. The lowest BCUT2D eigenvalue weighted by molar-refractivity contribution is 0.430. The Kier molecular flexibility index (Phi) is 7.45. The van der Waals surface area contributed by atoms with Gasteiger partial charge < -0.3 is 0 Å². The van der Waals surface area contributed by atoms with E-state index < -0.39 is 0 Å². The number of allylic oxidation sites excluding steroid dienone is 2. The molecule has 0 aromatic rings. The minimum Gasteiger partial charge on any atom is -0.103 e. The molecule has 0 saturated heterocycles. The first-order chi connectivity index (χ1) is 7.36. The summed E-state index contributed by atoms with van der Waals surface area (Å²) in [6.07, 6.45) is 5.71. The second-order valence-electron chi connectivity index (χ2n) is 6.02. The lowest BCUT2D eigenvalue weighted by Gasteiger charge is -2.21. The van der Waals surface area contributed by atoms with Crippen molar-refractivity contribution in [2.75, 3.05) is 0 Å². The Labute approximate surface area is 103 Å². The zero-order valence-electron chi connectivity index (χ0n) is 11.9. The Hall–Kier alpha value is -0.520. The Balaban J connectivity index is 4.13. The molecule has 94 valence electrons. The van der Waals surface area contributed by atoms with Gasteiger partial charge in [0.2, 0.25) is 0 Å². The number of hydrogen-bond acceptors (Lipinski definition) is 0. The zero-order valence-corrected chi connectivity index (χ0v) is 11.9. The fraction of sp³-hybridized carbons (Fsp3) is 0.750. The minimum atomic E-state index is 0.613. The summed E-state index contributed by atoms with van der Waals surface area (Å²) in [5.74, 6) is 2.77. The molecular weight excluding hydrogens is 192 g/mol. The first-order valence-corrected chi connectivity index (χ1v) is 6.67. The highest BCUT2D eigenvalue weighted by atomic mass is 14.2. The van der Waals surface area contributed by atoms with Crippen molar-refractivity contribution < 1.29 is 0 Å². The van der Waals surface area contributed by atoms with Crippen LogP contribution in [0, 0.1) is 23.7 Å². The van der Waals surface area contributed by atoms with E-state index >= 15 is 0 Å². The van der Waals surface area contributed by atoms with Crippen molar-refractivity contribution in [3.63, 3.8) is 0 Å². The van der Waals surface area contributed by atoms with Crippen LogP contribution in [0.25, 0.3) is 0 Å². The third kappa shape index (κ3) is 6.87. The summed E-state index contributed by atoms with van der Waals surface area (Å²) in [5.41, 5.74) is 1.40. The molecule has 0 N–H and O–H groups in total. The van der Waals surface area contributed by atoms with Gasteiger partial charge in [0.25, 0.3) is 0 Å². The normalized spacial score (nSPS) is 15.2. The van der Waals surface area contributed by atoms with E-state index in [0.29, 0.717) is 11.8 Å². The van der Waals surface area contributed by atoms with Crippen LogP contribution in [0.5, 0.6) is 0 Å². The molecule has 16 heavy (non-hydrogen) atoms. The molecule has 0 heteroatoms. The average Bonchev–Trinajstić information content (AvgIpc) is 2.14. The van der Waals surface area contributed by atoms with Crippen LogP contribution in [0.4, 0.5) is 0 Å². The van der Waals surface area contributed by atoms with Gasteiger partial charge >= 0.3 is 0 Å². The molecule has 0 aliphatic carbocycles. The van der Waals surface area contributed by atoms with E-state index in [1.54, 1.807) is 0 Å². The van der Waals surface area contributed by atoms with E-state index in [4.69, 9.17) is 0 Å². The van der Waals surface area contributed by atoms with Gasteiger partial charge in [0.15, 0.2) is 0 Å². The van der Waals surface area contributed by atoms with Crippen LogP contribution >= 0.6 is 0 Å². The molecule has 0 aliphatic heterocycles. The molecule has 0 aromatic carbocycles. The second-order valence-corrected chi connectivity index (χ2v) is 6.02. The summed E-state index contributed by atoms with van der Waals surface area (Å²) in [7, 11) is 0. The lowest BCUT2D eigenvalue weighted by atomic mass is 9.84. The number of hydrogen-bond donors (Lipinski definition) is 0. The van der Waals surface area contributed by atoms with Crippen LogP contribution in [0.15, 0.2) is 24.8 Å². The van der Waals surface area contributed by atoms with Gasteiger partial charge in [-0.05, 0) is 42.9 Å². The smallest absolute Gasteiger partial charge is 0.0196 e. The van der Waals surface area contributed by atoms with E-state index in [0.717, 1.165) is 18.3 Å². The van der Waals surface area contributed by atoms with Crippen molar-refractivity contribution in [1.82, 2.24) is 0 Å². The minimum absolute atomic E-state index is 0.613. The van der Waals surface area contributed by atoms with Crippen LogP contribution in [0.3, 0.4) is 0 Å². The van der Waals surface area contributed by atoms with Crippen LogP contribution in [0.1, 0.15) is 53.9 Å². The summed E-state index contributed by atoms with van der Waals surface area (Å²) in [6, 6.07) is 0. The largest absolute Gasteiger partial charge is 0.103 e. The third-order valence-electron chi connectivity index (χ3n) is 3.15. The van der Waals surface area contributed by atoms with Gasteiger partial charge in [-0.3, -0.25) is 0 Å². The molecule has 0 rings (SSSR count). The second kappa shape index (κ2) is 7.70. The summed E-state index contributed by atoms with van der Waals surface area (Å²) in [6.45, 7) is 19.6. The summed E-state index contributed by atoms with van der Waals surface area (Å²) in [4.78, 5) is 0. The highest BCUT2D eigenvalue weighted by molar-refractivity contribution is 5.03. The topological polar surface area (TPSA) is 0 Å². The van der Waals surface area contributed by atoms with E-state index in [2.05, 4.69) is 53.9 Å². The van der Waals surface area contributed by atoms with E-state index in [-0.39, 0.29) is 0 Å². The maximum Gasteiger partial charge on any atom is -0.0196 e. The van der Waals surface area contributed by atoms with Crippen molar-refractivity contribution in [3.05, 3.63) is 24.8 Å². The predicted molar refractivity (Wildman–Crippen MR) is 75.5 cm³/mol. The third-order valence-corrected chi connectivity index (χ3v) is 3.15. The molecule has 0 aromatic heterocycles. The Morgan fingerprint density at radius 3 is 1.88 bits per heavy atom. The molecule has 0 nitrogen and oxygen atoms in total. The molecule has 0 fully saturated rings. The fourth-order valence-electron chi connectivity index (χ4n) is 2.28. The van der Waals surface area contributed by atoms with Gasteiger partial charge in [0.1, 0.15) is 0 Å². The van der Waals surface area contributed by atoms with Crippen molar-refractivity contribution >= 4 is 0 Å². The lowest BCUT2D eigenvalue weighted by Crippen LogP contribution is -2.08. The highest BCUT2D eigenvalue weighted by Crippen LogP contribution is 2.27. The molecule has 0 aliphatic rings. The SMILES string of the molecule is C=C[C@@H](CC(=C)C(C)CC(C)C)CC(C)C. The van der Waals surface area contributed by atoms with E-state index in [9.17, 15) is 0 Å². The van der Waals surface area contributed by atoms with Crippen LogP contribution in [-0.2, 0) is 0 Å². The van der Waals surface area contributed by atoms with Crippen LogP contribution in [-0.4, -0.2) is 0 Å². The predicted octanol–water partition coefficient (Wildman–Crippen LogP) is 5.46. The molecule has 0 amide bonds. The molecule has 2 atom stereocenters. The van der Waals surface area contributed by atoms with Crippen molar-refractivity contribution in [3.8, 4) is 0 Å². The Morgan fingerprint density at radius 2 is 1.50 bits per heavy atom.